The smallest absolute Gasteiger partial charge is 0.257 e. The third-order valence-electron chi connectivity index (χ3n) is 3.37. The number of rotatable bonds is 2. The number of amides is 1. The summed E-state index contributed by atoms with van der Waals surface area (Å²) in [6, 6.07) is 5.66. The molecule has 0 saturated carbocycles. The minimum atomic E-state index is 0.0298. The van der Waals surface area contributed by atoms with Gasteiger partial charge < -0.3 is 14.2 Å². The van der Waals surface area contributed by atoms with Crippen LogP contribution < -0.4 is 4.90 Å². The molecule has 1 aliphatic rings. The van der Waals surface area contributed by atoms with Gasteiger partial charge in [0.05, 0.1) is 11.8 Å². The Morgan fingerprint density at radius 1 is 1.20 bits per heavy atom. The van der Waals surface area contributed by atoms with Crippen molar-refractivity contribution in [3.05, 3.63) is 47.0 Å². The normalized spacial score (nSPS) is 15.4. The number of anilines is 1. The van der Waals surface area contributed by atoms with Gasteiger partial charge in [-0.25, -0.2) is 4.98 Å². The molecule has 3 rings (SSSR count). The lowest BCUT2D eigenvalue weighted by Crippen LogP contribution is -2.49. The molecule has 0 spiro atoms. The van der Waals surface area contributed by atoms with Crippen molar-refractivity contribution in [2.24, 2.45) is 0 Å². The topological polar surface area (TPSA) is 49.6 Å². The maximum atomic E-state index is 12.2. The summed E-state index contributed by atoms with van der Waals surface area (Å²) >= 11 is 3.38. The van der Waals surface area contributed by atoms with Crippen LogP contribution in [0.1, 0.15) is 10.4 Å². The molecular weight excluding hydrogens is 322 g/mol. The Morgan fingerprint density at radius 3 is 2.60 bits per heavy atom. The van der Waals surface area contributed by atoms with Crippen LogP contribution in [0, 0.1) is 0 Å². The molecule has 0 radical (unpaired) electrons. The number of carbonyl (C=O) groups excluding carboxylic acids is 1. The fourth-order valence-corrected chi connectivity index (χ4v) is 2.50. The second-order valence-corrected chi connectivity index (χ2v) is 5.54. The van der Waals surface area contributed by atoms with Crippen LogP contribution in [0.3, 0.4) is 0 Å². The van der Waals surface area contributed by atoms with Crippen LogP contribution in [0.2, 0.25) is 0 Å². The number of hydrogen-bond donors (Lipinski definition) is 0. The molecule has 0 N–H and O–H groups in total. The fourth-order valence-electron chi connectivity index (χ4n) is 2.26. The first-order valence-corrected chi connectivity index (χ1v) is 7.21. The van der Waals surface area contributed by atoms with Gasteiger partial charge in [0.15, 0.2) is 0 Å². The zero-order valence-corrected chi connectivity index (χ0v) is 12.4. The standard InChI is InChI=1S/C14H14BrN3O2/c15-12-1-2-13(16-9-12)17-4-6-18(7-5-17)14(19)11-3-8-20-10-11/h1-3,8-10H,4-7H2. The van der Waals surface area contributed by atoms with E-state index in [1.807, 2.05) is 17.0 Å². The van der Waals surface area contributed by atoms with Gasteiger partial charge >= 0.3 is 0 Å². The van der Waals surface area contributed by atoms with Crippen molar-refractivity contribution < 1.29 is 9.21 Å². The summed E-state index contributed by atoms with van der Waals surface area (Å²) in [6.07, 6.45) is 4.80. The molecule has 1 aliphatic heterocycles. The van der Waals surface area contributed by atoms with Crippen LogP contribution >= 0.6 is 15.9 Å². The zero-order chi connectivity index (χ0) is 13.9. The number of hydrogen-bond acceptors (Lipinski definition) is 4. The molecule has 1 amide bonds. The Balaban J connectivity index is 1.62. The third kappa shape index (κ3) is 2.70. The first-order valence-electron chi connectivity index (χ1n) is 6.42. The SMILES string of the molecule is O=C(c1ccoc1)N1CCN(c2ccc(Br)cn2)CC1. The van der Waals surface area contributed by atoms with Gasteiger partial charge in [-0.3, -0.25) is 4.79 Å². The molecule has 2 aromatic rings. The lowest BCUT2D eigenvalue weighted by atomic mass is 10.2. The molecular formula is C14H14BrN3O2. The molecule has 5 nitrogen and oxygen atoms in total. The van der Waals surface area contributed by atoms with Crippen LogP contribution in [0.25, 0.3) is 0 Å². The van der Waals surface area contributed by atoms with Crippen molar-refractivity contribution in [2.45, 2.75) is 0 Å². The minimum absolute atomic E-state index is 0.0298. The van der Waals surface area contributed by atoms with Crippen LogP contribution in [0.5, 0.6) is 0 Å². The highest BCUT2D eigenvalue weighted by Gasteiger charge is 2.23. The Morgan fingerprint density at radius 2 is 2.00 bits per heavy atom. The summed E-state index contributed by atoms with van der Waals surface area (Å²) in [5, 5.41) is 0. The first kappa shape index (κ1) is 13.2. The van der Waals surface area contributed by atoms with E-state index < -0.39 is 0 Å². The summed E-state index contributed by atoms with van der Waals surface area (Å²) in [5.74, 6) is 0.978. The van der Waals surface area contributed by atoms with E-state index in [9.17, 15) is 4.79 Å². The maximum absolute atomic E-state index is 12.2. The fraction of sp³-hybridized carbons (Fsp3) is 0.286. The molecule has 104 valence electrons. The second-order valence-electron chi connectivity index (χ2n) is 4.63. The monoisotopic (exact) mass is 335 g/mol. The van der Waals surface area contributed by atoms with E-state index in [1.165, 1.54) is 12.5 Å². The Hall–Kier alpha value is -1.82. The van der Waals surface area contributed by atoms with Gasteiger partial charge in [-0.15, -0.1) is 0 Å². The molecule has 3 heterocycles. The van der Waals surface area contributed by atoms with E-state index in [4.69, 9.17) is 4.42 Å². The highest BCUT2D eigenvalue weighted by Crippen LogP contribution is 2.17. The van der Waals surface area contributed by atoms with Crippen molar-refractivity contribution in [1.29, 1.82) is 0 Å². The predicted molar refractivity (Wildman–Crippen MR) is 78.8 cm³/mol. The predicted octanol–water partition coefficient (Wildman–Crippen LogP) is 2.40. The molecule has 0 bridgehead atoms. The molecule has 6 heteroatoms. The molecule has 20 heavy (non-hydrogen) atoms. The van der Waals surface area contributed by atoms with Gasteiger partial charge in [0.25, 0.3) is 5.91 Å². The maximum Gasteiger partial charge on any atom is 0.257 e. The number of furan rings is 1. The second kappa shape index (κ2) is 5.66. The summed E-state index contributed by atoms with van der Waals surface area (Å²) in [4.78, 5) is 20.6. The molecule has 2 aromatic heterocycles. The highest BCUT2D eigenvalue weighted by molar-refractivity contribution is 9.10. The van der Waals surface area contributed by atoms with Gasteiger partial charge in [-0.1, -0.05) is 0 Å². The summed E-state index contributed by atoms with van der Waals surface area (Å²) in [7, 11) is 0. The summed E-state index contributed by atoms with van der Waals surface area (Å²) < 4.78 is 5.92. The molecule has 0 aliphatic carbocycles. The first-order chi connectivity index (χ1) is 9.74. The van der Waals surface area contributed by atoms with Crippen molar-refractivity contribution >= 4 is 27.7 Å². The average molecular weight is 336 g/mol. The molecule has 1 fully saturated rings. The quantitative estimate of drug-likeness (QED) is 0.845. The van der Waals surface area contributed by atoms with E-state index in [-0.39, 0.29) is 5.91 Å². The van der Waals surface area contributed by atoms with Gasteiger partial charge in [0.2, 0.25) is 0 Å². The van der Waals surface area contributed by atoms with Gasteiger partial charge in [-0.05, 0) is 34.1 Å². The van der Waals surface area contributed by atoms with Crippen LogP contribution in [0.4, 0.5) is 5.82 Å². The number of halogens is 1. The van der Waals surface area contributed by atoms with Gasteiger partial charge in [0, 0.05) is 36.8 Å². The van der Waals surface area contributed by atoms with Crippen molar-refractivity contribution in [3.63, 3.8) is 0 Å². The van der Waals surface area contributed by atoms with E-state index in [2.05, 4.69) is 25.8 Å². The largest absolute Gasteiger partial charge is 0.472 e. The molecule has 0 atom stereocenters. The van der Waals surface area contributed by atoms with Gasteiger partial charge in [0.1, 0.15) is 12.1 Å². The van der Waals surface area contributed by atoms with Crippen LogP contribution in [-0.2, 0) is 0 Å². The molecule has 1 saturated heterocycles. The van der Waals surface area contributed by atoms with E-state index in [0.29, 0.717) is 18.7 Å². The van der Waals surface area contributed by atoms with E-state index >= 15 is 0 Å². The van der Waals surface area contributed by atoms with Crippen molar-refractivity contribution in [2.75, 3.05) is 31.1 Å². The zero-order valence-electron chi connectivity index (χ0n) is 10.8. The number of aromatic nitrogens is 1. The highest BCUT2D eigenvalue weighted by atomic mass is 79.9. The summed E-state index contributed by atoms with van der Waals surface area (Å²) in [5.41, 5.74) is 0.611. The van der Waals surface area contributed by atoms with Crippen LogP contribution in [-0.4, -0.2) is 42.0 Å². The third-order valence-corrected chi connectivity index (χ3v) is 3.84. The molecule has 0 aromatic carbocycles. The lowest BCUT2D eigenvalue weighted by Gasteiger charge is -2.35. The lowest BCUT2D eigenvalue weighted by molar-refractivity contribution is 0.0746. The van der Waals surface area contributed by atoms with Crippen molar-refractivity contribution in [3.8, 4) is 0 Å². The summed E-state index contributed by atoms with van der Waals surface area (Å²) in [6.45, 7) is 2.97. The van der Waals surface area contributed by atoms with E-state index in [0.717, 1.165) is 23.4 Å². The number of pyridine rings is 1. The van der Waals surface area contributed by atoms with Gasteiger partial charge in [-0.2, -0.15) is 0 Å². The van der Waals surface area contributed by atoms with Crippen molar-refractivity contribution in [1.82, 2.24) is 9.88 Å². The Kier molecular flexibility index (Phi) is 3.73. The number of nitrogens with zero attached hydrogens (tertiary/aromatic N) is 3. The van der Waals surface area contributed by atoms with Crippen LogP contribution in [0.15, 0.2) is 45.8 Å². The molecule has 0 unspecified atom stereocenters. The minimum Gasteiger partial charge on any atom is -0.472 e. The Labute approximate surface area is 125 Å². The van der Waals surface area contributed by atoms with E-state index in [1.54, 1.807) is 12.3 Å². The average Bonchev–Trinajstić information content (AvgIpc) is 3.02. The Bertz CT molecular complexity index is 575. The number of carbonyl (C=O) groups is 1. The number of piperazine rings is 1.